The first-order valence-corrected chi connectivity index (χ1v) is 33.9. The molecule has 20 rings (SSSR count). The zero-order valence-electron chi connectivity index (χ0n) is 44.8. The predicted molar refractivity (Wildman–Crippen MR) is 368 cm³/mol. The number of furan rings is 2. The Hall–Kier alpha value is -7.36. The molecular weight excluding hydrogens is 1160 g/mol. The molecule has 0 unspecified atom stereocenters. The molecule has 12 heterocycles. The third-order valence-electron chi connectivity index (χ3n) is 16.8. The van der Waals surface area contributed by atoms with E-state index in [0.717, 1.165) is 22.3 Å². The Morgan fingerprint density at radius 1 is 0.256 bits per heavy atom. The van der Waals surface area contributed by atoms with Crippen LogP contribution in [0.2, 0.25) is 0 Å². The number of thiophene rings is 8. The third-order valence-corrected chi connectivity index (χ3v) is 26.9. The summed E-state index contributed by atoms with van der Waals surface area (Å²) in [6.45, 7) is 12.9. The summed E-state index contributed by atoms with van der Waals surface area (Å²) in [7, 11) is 0. The number of aryl methyl sites for hydroxylation is 6. The van der Waals surface area contributed by atoms with E-state index < -0.39 is 0 Å². The largest absolute Gasteiger partial charge is 0.453 e. The minimum atomic E-state index is 0.960. The van der Waals surface area contributed by atoms with E-state index in [1.807, 2.05) is 90.7 Å². The quantitative estimate of drug-likeness (QED) is 0.173. The standard InChI is InChI=1S/2C35H21NOS4/c1-16-4-8-19(9-5-16)36-24-12-17(2)6-10-20(24)29-28(36)33-30(37-29)22-14-27-23(15-26(22)38-33)32-35(40-27)34-31(41-32)21-11-7-18(3)13-25(21)39-34;1-16-4-8-19(9-5-16)36-28-20-10-6-17(2)12-24(20)37-30(28)34-29(36)35-33(41-34)23-15-26-22(14-27(23)40-35)32-31(39-26)21-11-7-18(3)13-25(21)38-32/h2*4-15H,1-3H3. The van der Waals surface area contributed by atoms with E-state index in [0.29, 0.717) is 0 Å². The molecule has 82 heavy (non-hydrogen) atoms. The lowest BCUT2D eigenvalue weighted by Crippen LogP contribution is -1.93. The lowest BCUT2D eigenvalue weighted by Gasteiger charge is -2.07. The van der Waals surface area contributed by atoms with Crippen LogP contribution in [0.3, 0.4) is 0 Å². The maximum absolute atomic E-state index is 6.81. The monoisotopic (exact) mass is 1200 g/mol. The fourth-order valence-electron chi connectivity index (χ4n) is 12.9. The molecule has 0 aliphatic heterocycles. The topological polar surface area (TPSA) is 36.1 Å². The fourth-order valence-corrected chi connectivity index (χ4v) is 23.9. The van der Waals surface area contributed by atoms with Crippen LogP contribution >= 0.6 is 90.7 Å². The SMILES string of the molecule is Cc1ccc(-n2c3c4ccc(C)cc4oc3c3sc4c5cc6sc7c8ccc(C)cc8sc7c6cc5sc4c32)cc1.Cc1ccc(-n2c3cc(C)ccc3c3oc4c5cc6sc7c(sc8c9ccc(C)cc9sc87)c6cc5sc4c32)cc1. The minimum Gasteiger partial charge on any atom is -0.453 e. The van der Waals surface area contributed by atoms with Crippen molar-refractivity contribution in [1.29, 1.82) is 0 Å². The molecule has 0 aliphatic rings. The summed E-state index contributed by atoms with van der Waals surface area (Å²) in [5.41, 5.74) is 18.8. The first kappa shape index (κ1) is 47.2. The van der Waals surface area contributed by atoms with Gasteiger partial charge in [0.05, 0.1) is 58.0 Å². The van der Waals surface area contributed by atoms with Crippen LogP contribution in [0, 0.1) is 41.5 Å². The van der Waals surface area contributed by atoms with Gasteiger partial charge in [-0.2, -0.15) is 0 Å². The van der Waals surface area contributed by atoms with Crippen LogP contribution in [-0.2, 0) is 0 Å². The predicted octanol–water partition coefficient (Wildman–Crippen LogP) is 24.9. The second-order valence-corrected chi connectivity index (χ2v) is 30.7. The summed E-state index contributed by atoms with van der Waals surface area (Å²) in [6.07, 6.45) is 0. The fraction of sp³-hybridized carbons (Fsp3) is 0.0857. The van der Waals surface area contributed by atoms with E-state index in [9.17, 15) is 0 Å². The van der Waals surface area contributed by atoms with Crippen molar-refractivity contribution < 1.29 is 8.83 Å². The first-order chi connectivity index (χ1) is 40.0. The highest BCUT2D eigenvalue weighted by Crippen LogP contribution is 2.55. The Kier molecular flexibility index (Phi) is 9.59. The van der Waals surface area contributed by atoms with Gasteiger partial charge in [0, 0.05) is 82.7 Å². The molecule has 4 nitrogen and oxygen atoms in total. The van der Waals surface area contributed by atoms with Crippen molar-refractivity contribution in [2.24, 2.45) is 0 Å². The maximum Gasteiger partial charge on any atom is 0.171 e. The van der Waals surface area contributed by atoms with E-state index in [1.54, 1.807) is 0 Å². The van der Waals surface area contributed by atoms with Crippen LogP contribution in [-0.4, -0.2) is 9.13 Å². The molecule has 0 bridgehead atoms. The summed E-state index contributed by atoms with van der Waals surface area (Å²) >= 11 is 15.4. The van der Waals surface area contributed by atoms with Crippen LogP contribution in [0.5, 0.6) is 0 Å². The van der Waals surface area contributed by atoms with Crippen LogP contribution in [0.1, 0.15) is 33.4 Å². The molecular formula is C70H42N2O2S8. The van der Waals surface area contributed by atoms with Crippen LogP contribution in [0.4, 0.5) is 0 Å². The van der Waals surface area contributed by atoms with Crippen molar-refractivity contribution in [3.05, 3.63) is 179 Å². The van der Waals surface area contributed by atoms with Gasteiger partial charge in [0.2, 0.25) is 0 Å². The molecule has 0 atom stereocenters. The van der Waals surface area contributed by atoms with Crippen molar-refractivity contribution in [1.82, 2.24) is 9.13 Å². The van der Waals surface area contributed by atoms with Gasteiger partial charge in [-0.3, -0.25) is 0 Å². The number of nitrogens with zero attached hydrogens (tertiary/aromatic N) is 2. The lowest BCUT2D eigenvalue weighted by atomic mass is 10.1. The summed E-state index contributed by atoms with van der Waals surface area (Å²) in [5.74, 6) is 0. The highest BCUT2D eigenvalue weighted by atomic mass is 32.1. The van der Waals surface area contributed by atoms with Gasteiger partial charge in [0.15, 0.2) is 16.7 Å². The maximum atomic E-state index is 6.81. The van der Waals surface area contributed by atoms with Gasteiger partial charge in [-0.15, -0.1) is 90.7 Å². The highest BCUT2D eigenvalue weighted by Gasteiger charge is 2.28. The van der Waals surface area contributed by atoms with Gasteiger partial charge in [-0.25, -0.2) is 0 Å². The van der Waals surface area contributed by atoms with E-state index in [1.165, 1.54) is 185 Å². The Morgan fingerprint density at radius 3 is 1.30 bits per heavy atom. The van der Waals surface area contributed by atoms with E-state index in [2.05, 4.69) is 196 Å². The molecule has 8 aromatic carbocycles. The highest BCUT2D eigenvalue weighted by molar-refractivity contribution is 7.43. The van der Waals surface area contributed by atoms with E-state index in [-0.39, 0.29) is 0 Å². The number of aromatic nitrogens is 2. The molecule has 12 aromatic heterocycles. The van der Waals surface area contributed by atoms with Crippen molar-refractivity contribution in [2.75, 3.05) is 0 Å². The Balaban J connectivity index is 0.000000122. The zero-order valence-corrected chi connectivity index (χ0v) is 51.4. The summed E-state index contributed by atoms with van der Waals surface area (Å²) in [5, 5.41) is 10.5. The average molecular weight is 1200 g/mol. The van der Waals surface area contributed by atoms with Crippen molar-refractivity contribution in [2.45, 2.75) is 41.5 Å². The average Bonchev–Trinajstić information content (AvgIpc) is 2.66. The van der Waals surface area contributed by atoms with Gasteiger partial charge in [-0.05, 0) is 149 Å². The Bertz CT molecular complexity index is 6190. The van der Waals surface area contributed by atoms with E-state index >= 15 is 0 Å². The molecule has 0 spiro atoms. The van der Waals surface area contributed by atoms with Crippen LogP contribution in [0.25, 0.3) is 174 Å². The van der Waals surface area contributed by atoms with Crippen LogP contribution < -0.4 is 0 Å². The smallest absolute Gasteiger partial charge is 0.171 e. The van der Waals surface area contributed by atoms with E-state index in [4.69, 9.17) is 8.83 Å². The van der Waals surface area contributed by atoms with Gasteiger partial charge < -0.3 is 18.0 Å². The second kappa shape index (κ2) is 16.7. The number of benzene rings is 8. The van der Waals surface area contributed by atoms with Gasteiger partial charge >= 0.3 is 0 Å². The number of rotatable bonds is 2. The molecule has 0 N–H and O–H groups in total. The molecule has 0 fully saturated rings. The second-order valence-electron chi connectivity index (χ2n) is 22.4. The summed E-state index contributed by atoms with van der Waals surface area (Å²) < 4.78 is 40.3. The Labute approximate surface area is 498 Å². The minimum absolute atomic E-state index is 0.960. The van der Waals surface area contributed by atoms with Gasteiger partial charge in [-0.1, -0.05) is 71.8 Å². The molecule has 0 saturated heterocycles. The molecule has 392 valence electrons. The first-order valence-electron chi connectivity index (χ1n) is 27.3. The summed E-state index contributed by atoms with van der Waals surface area (Å²) in [4.78, 5) is 0. The van der Waals surface area contributed by atoms with Crippen LogP contribution in [0.15, 0.2) is 154 Å². The molecule has 20 aromatic rings. The van der Waals surface area contributed by atoms with Gasteiger partial charge in [0.1, 0.15) is 16.6 Å². The number of hydrogen-bond acceptors (Lipinski definition) is 10. The number of hydrogen-bond donors (Lipinski definition) is 0. The lowest BCUT2D eigenvalue weighted by molar-refractivity contribution is 0.673. The van der Waals surface area contributed by atoms with Crippen molar-refractivity contribution in [3.63, 3.8) is 0 Å². The molecule has 0 saturated carbocycles. The summed E-state index contributed by atoms with van der Waals surface area (Å²) in [6, 6.07) is 54.5. The van der Waals surface area contributed by atoms with Crippen molar-refractivity contribution in [3.8, 4) is 11.4 Å². The molecule has 12 heteroatoms. The normalized spacial score (nSPS) is 12.8. The number of fused-ring (bicyclic) bond motifs is 28. The Morgan fingerprint density at radius 2 is 0.671 bits per heavy atom. The molecule has 0 amide bonds. The van der Waals surface area contributed by atoms with Crippen molar-refractivity contribution >= 4 is 253 Å². The zero-order chi connectivity index (χ0) is 54.3. The third kappa shape index (κ3) is 6.44. The van der Waals surface area contributed by atoms with Gasteiger partial charge in [0.25, 0.3) is 0 Å². The molecule has 0 aliphatic carbocycles. The molecule has 0 radical (unpaired) electrons.